The number of phenols is 3. The Hall–Kier alpha value is -6.92. The van der Waals surface area contributed by atoms with Crippen molar-refractivity contribution in [3.63, 3.8) is 0 Å². The van der Waals surface area contributed by atoms with E-state index in [9.17, 15) is 24.9 Å². The lowest BCUT2D eigenvalue weighted by molar-refractivity contribution is 0.112. The van der Waals surface area contributed by atoms with Gasteiger partial charge in [0.1, 0.15) is 34.7 Å². The highest BCUT2D eigenvalue weighted by Gasteiger charge is 2.19. The summed E-state index contributed by atoms with van der Waals surface area (Å²) in [6.45, 7) is 8.08. The second kappa shape index (κ2) is 14.6. The average Bonchev–Trinajstić information content (AvgIpc) is 3.16. The number of carbonyl (C=O) groups is 1. The summed E-state index contributed by atoms with van der Waals surface area (Å²) in [5.41, 5.74) is 8.41. The molecule has 1 aromatic heterocycles. The third-order valence-electron chi connectivity index (χ3n) is 9.76. The van der Waals surface area contributed by atoms with Crippen molar-refractivity contribution in [1.82, 2.24) is 0 Å². The molecule has 0 aliphatic rings. The first-order valence-electron chi connectivity index (χ1n) is 17.6. The minimum Gasteiger partial charge on any atom is -0.507 e. The van der Waals surface area contributed by atoms with Gasteiger partial charge in [0.25, 0.3) is 0 Å². The second-order valence-corrected chi connectivity index (χ2v) is 13.5. The number of phenolic OH excluding ortho intramolecular Hbond substituents is 3. The van der Waals surface area contributed by atoms with E-state index >= 15 is 0 Å². The molecule has 0 saturated carbocycles. The quantitative estimate of drug-likeness (QED) is 0.0936. The normalized spacial score (nSPS) is 11.0. The Bertz CT molecular complexity index is 2920. The van der Waals surface area contributed by atoms with Crippen LogP contribution in [0.15, 0.2) is 143 Å². The van der Waals surface area contributed by atoms with Gasteiger partial charge in [-0.05, 0) is 103 Å². The molecule has 266 valence electrons. The molecular formula is C48H38O6. The standard InChI is InChI=1S/C29H20O3.C10H8O2.C9H10O/c1-16-9-10-17(2)22(15-16)27-20-13-11-18-5-3-7-23(30)25(18)28(20)32-29-21(27)14-12-19-6-4-8-24(31)26(19)29;11-8-5-1-3-7-4-2-6-9(12)10(7)8;1-7-3-4-8(2)9(5-7)6-10/h3-15,30H,1-2H3;1-6,11-12H;3-6H,1-2H3. The molecule has 6 heteroatoms. The molecule has 9 rings (SSSR count). The lowest BCUT2D eigenvalue weighted by Crippen LogP contribution is -2.00. The third kappa shape index (κ3) is 6.61. The van der Waals surface area contributed by atoms with Crippen molar-refractivity contribution in [2.45, 2.75) is 27.7 Å². The zero-order valence-corrected chi connectivity index (χ0v) is 30.3. The molecule has 0 saturated heterocycles. The fraction of sp³-hybridized carbons (Fsp3) is 0.0833. The molecule has 6 nitrogen and oxygen atoms in total. The van der Waals surface area contributed by atoms with Crippen LogP contribution in [0.3, 0.4) is 0 Å². The molecule has 0 fully saturated rings. The van der Waals surface area contributed by atoms with Crippen molar-refractivity contribution < 1.29 is 24.5 Å². The molecule has 1 heterocycles. The highest BCUT2D eigenvalue weighted by molar-refractivity contribution is 6.20. The van der Waals surface area contributed by atoms with Crippen LogP contribution in [0.4, 0.5) is 0 Å². The van der Waals surface area contributed by atoms with Gasteiger partial charge in [0.15, 0.2) is 5.43 Å². The van der Waals surface area contributed by atoms with Gasteiger partial charge >= 0.3 is 0 Å². The summed E-state index contributed by atoms with van der Waals surface area (Å²) in [5, 5.41) is 35.6. The number of hydrogen-bond donors (Lipinski definition) is 3. The zero-order chi connectivity index (χ0) is 38.1. The van der Waals surface area contributed by atoms with Crippen molar-refractivity contribution in [3.8, 4) is 28.4 Å². The van der Waals surface area contributed by atoms with Crippen molar-refractivity contribution in [2.24, 2.45) is 0 Å². The van der Waals surface area contributed by atoms with E-state index in [0.29, 0.717) is 27.3 Å². The predicted molar refractivity (Wildman–Crippen MR) is 220 cm³/mol. The Labute approximate surface area is 311 Å². The fourth-order valence-corrected chi connectivity index (χ4v) is 6.98. The smallest absolute Gasteiger partial charge is 0.190 e. The number of aldehydes is 1. The van der Waals surface area contributed by atoms with Crippen LogP contribution in [-0.2, 0) is 0 Å². The predicted octanol–water partition coefficient (Wildman–Crippen LogP) is 11.6. The van der Waals surface area contributed by atoms with Crippen LogP contribution in [0.25, 0.3) is 65.4 Å². The van der Waals surface area contributed by atoms with E-state index in [1.807, 2.05) is 86.6 Å². The van der Waals surface area contributed by atoms with Crippen molar-refractivity contribution in [2.75, 3.05) is 0 Å². The Morgan fingerprint density at radius 2 is 0.981 bits per heavy atom. The Morgan fingerprint density at radius 1 is 0.500 bits per heavy atom. The maximum absolute atomic E-state index is 12.9. The van der Waals surface area contributed by atoms with E-state index in [4.69, 9.17) is 4.42 Å². The summed E-state index contributed by atoms with van der Waals surface area (Å²) in [7, 11) is 0. The molecule has 0 spiro atoms. The number of hydrogen-bond acceptors (Lipinski definition) is 6. The number of rotatable bonds is 2. The summed E-state index contributed by atoms with van der Waals surface area (Å²) >= 11 is 0. The molecule has 0 bridgehead atoms. The van der Waals surface area contributed by atoms with Gasteiger partial charge in [-0.15, -0.1) is 0 Å². The van der Waals surface area contributed by atoms with Crippen LogP contribution in [0.5, 0.6) is 17.2 Å². The molecule has 0 amide bonds. The molecule has 0 radical (unpaired) electrons. The zero-order valence-electron chi connectivity index (χ0n) is 30.3. The first-order valence-corrected chi connectivity index (χ1v) is 17.6. The van der Waals surface area contributed by atoms with Crippen molar-refractivity contribution in [1.29, 1.82) is 0 Å². The average molecular weight is 711 g/mol. The minimum atomic E-state index is -0.0763. The summed E-state index contributed by atoms with van der Waals surface area (Å²) in [6, 6.07) is 41.3. The fourth-order valence-electron chi connectivity index (χ4n) is 6.98. The van der Waals surface area contributed by atoms with Gasteiger partial charge in [0, 0.05) is 21.9 Å². The summed E-state index contributed by atoms with van der Waals surface area (Å²) < 4.78 is 6.51. The molecular weight excluding hydrogens is 673 g/mol. The van der Waals surface area contributed by atoms with Gasteiger partial charge < -0.3 is 19.7 Å². The molecule has 9 aromatic rings. The first kappa shape index (κ1) is 35.5. The van der Waals surface area contributed by atoms with E-state index in [1.165, 1.54) is 0 Å². The van der Waals surface area contributed by atoms with Gasteiger partial charge in [-0.25, -0.2) is 0 Å². The van der Waals surface area contributed by atoms with E-state index in [0.717, 1.165) is 72.2 Å². The molecule has 3 N–H and O–H groups in total. The van der Waals surface area contributed by atoms with Crippen molar-refractivity contribution in [3.05, 3.63) is 172 Å². The molecule has 0 unspecified atom stereocenters. The molecule has 0 aliphatic heterocycles. The number of aromatic hydroxyl groups is 3. The van der Waals surface area contributed by atoms with Crippen LogP contribution >= 0.6 is 0 Å². The number of aryl methyl sites for hydroxylation is 4. The van der Waals surface area contributed by atoms with Crippen LogP contribution in [-0.4, -0.2) is 21.6 Å². The SMILES string of the molecule is Cc1ccc(C)c(-c2c3ccc4cccc(O)c4c3oc3c2ccc2cccc(=O)c23)c1.Cc1ccc(C)c(C=O)c1.Oc1cccc2cccc(O)c12. The highest BCUT2D eigenvalue weighted by Crippen LogP contribution is 2.43. The second-order valence-electron chi connectivity index (χ2n) is 13.5. The topological polar surface area (TPSA) is 108 Å². The lowest BCUT2D eigenvalue weighted by atomic mass is 9.90. The number of carbonyl (C=O) groups excluding carboxylic acids is 1. The van der Waals surface area contributed by atoms with Gasteiger partial charge in [-0.2, -0.15) is 0 Å². The summed E-state index contributed by atoms with van der Waals surface area (Å²) in [5.74, 6) is 0.391. The maximum atomic E-state index is 12.9. The molecule has 0 atom stereocenters. The molecule has 8 aromatic carbocycles. The van der Waals surface area contributed by atoms with E-state index in [-0.39, 0.29) is 22.7 Å². The van der Waals surface area contributed by atoms with Crippen LogP contribution in [0, 0.1) is 27.7 Å². The van der Waals surface area contributed by atoms with Gasteiger partial charge in [-0.3, -0.25) is 9.59 Å². The van der Waals surface area contributed by atoms with Crippen LogP contribution < -0.4 is 5.43 Å². The van der Waals surface area contributed by atoms with Crippen LogP contribution in [0.2, 0.25) is 0 Å². The lowest BCUT2D eigenvalue weighted by Gasteiger charge is -2.16. The monoisotopic (exact) mass is 710 g/mol. The number of benzene rings is 8. The van der Waals surface area contributed by atoms with E-state index in [2.05, 4.69) is 32.0 Å². The van der Waals surface area contributed by atoms with Gasteiger partial charge in [-0.1, -0.05) is 102 Å². The Balaban J connectivity index is 0.000000166. The van der Waals surface area contributed by atoms with Crippen molar-refractivity contribution >= 4 is 60.5 Å². The molecule has 54 heavy (non-hydrogen) atoms. The minimum absolute atomic E-state index is 0.0763. The van der Waals surface area contributed by atoms with E-state index in [1.54, 1.807) is 42.5 Å². The maximum Gasteiger partial charge on any atom is 0.190 e. The van der Waals surface area contributed by atoms with Crippen LogP contribution in [0.1, 0.15) is 32.6 Å². The largest absolute Gasteiger partial charge is 0.507 e. The highest BCUT2D eigenvalue weighted by atomic mass is 16.3. The Morgan fingerprint density at radius 3 is 1.54 bits per heavy atom. The van der Waals surface area contributed by atoms with E-state index < -0.39 is 0 Å². The number of fused-ring (bicyclic) bond motifs is 7. The third-order valence-corrected chi connectivity index (χ3v) is 9.76. The Kier molecular flexibility index (Phi) is 9.59. The molecule has 0 aliphatic carbocycles. The summed E-state index contributed by atoms with van der Waals surface area (Å²) in [6.07, 6.45) is 0.891. The van der Waals surface area contributed by atoms with Gasteiger partial charge in [0.2, 0.25) is 0 Å². The summed E-state index contributed by atoms with van der Waals surface area (Å²) in [4.78, 5) is 23.3. The van der Waals surface area contributed by atoms with Gasteiger partial charge in [0.05, 0.1) is 16.2 Å². The first-order chi connectivity index (χ1) is 26.0.